The number of carbonyl (C=O) groups excluding carboxylic acids is 1. The molecule has 1 atom stereocenters. The van der Waals surface area contributed by atoms with E-state index in [4.69, 9.17) is 23.2 Å². The van der Waals surface area contributed by atoms with Gasteiger partial charge in [0.2, 0.25) is 5.24 Å². The third-order valence-corrected chi connectivity index (χ3v) is 2.23. The van der Waals surface area contributed by atoms with Crippen molar-refractivity contribution in [2.75, 3.05) is 5.88 Å². The summed E-state index contributed by atoms with van der Waals surface area (Å²) in [4.78, 5) is 9.92. The van der Waals surface area contributed by atoms with Crippen molar-refractivity contribution < 1.29 is 4.79 Å². The van der Waals surface area contributed by atoms with Crippen molar-refractivity contribution in [3.8, 4) is 0 Å². The first-order valence-corrected chi connectivity index (χ1v) is 3.90. The van der Waals surface area contributed by atoms with Crippen molar-refractivity contribution in [2.24, 2.45) is 0 Å². The molecule has 0 bridgehead atoms. The van der Waals surface area contributed by atoms with E-state index in [1.54, 1.807) is 0 Å². The monoisotopic (exact) mass is 218 g/mol. The molecule has 4 heteroatoms. The Labute approximate surface area is 66.5 Å². The predicted octanol–water partition coefficient (Wildman–Crippen LogP) is 2.14. The van der Waals surface area contributed by atoms with E-state index in [0.717, 1.165) is 0 Å². The smallest absolute Gasteiger partial charge is 0.235 e. The summed E-state index contributed by atoms with van der Waals surface area (Å²) in [6.45, 7) is 0. The fraction of sp³-hybridized carbons (Fsp3) is 0.750. The third kappa shape index (κ3) is 3.70. The van der Waals surface area contributed by atoms with E-state index in [1.165, 1.54) is 0 Å². The molecule has 0 N–H and O–H groups in total. The van der Waals surface area contributed by atoms with E-state index in [0.29, 0.717) is 12.3 Å². The Balaban J connectivity index is 3.32. The van der Waals surface area contributed by atoms with Gasteiger partial charge in [-0.1, -0.05) is 15.9 Å². The van der Waals surface area contributed by atoms with Gasteiger partial charge in [-0.05, 0) is 18.0 Å². The molecule has 0 amide bonds. The lowest BCUT2D eigenvalue weighted by molar-refractivity contribution is -0.111. The van der Waals surface area contributed by atoms with Crippen molar-refractivity contribution >= 4 is 44.4 Å². The topological polar surface area (TPSA) is 17.1 Å². The molecule has 0 fully saturated rings. The zero-order valence-corrected chi connectivity index (χ0v) is 7.13. The Kier molecular flexibility index (Phi) is 5.01. The van der Waals surface area contributed by atoms with Crippen LogP contribution in [0.3, 0.4) is 0 Å². The van der Waals surface area contributed by atoms with Crippen LogP contribution in [-0.2, 0) is 4.79 Å². The lowest BCUT2D eigenvalue weighted by Crippen LogP contribution is -2.06. The third-order valence-electron chi connectivity index (χ3n) is 0.609. The highest BCUT2D eigenvalue weighted by atomic mass is 79.9. The van der Waals surface area contributed by atoms with Crippen LogP contribution in [0.4, 0.5) is 0 Å². The van der Waals surface area contributed by atoms with Crippen molar-refractivity contribution in [2.45, 2.75) is 11.2 Å². The van der Waals surface area contributed by atoms with Crippen LogP contribution in [0.2, 0.25) is 0 Å². The van der Waals surface area contributed by atoms with E-state index in [-0.39, 0.29) is 10.1 Å². The van der Waals surface area contributed by atoms with Gasteiger partial charge in [0.15, 0.2) is 0 Å². The first-order chi connectivity index (χ1) is 3.68. The van der Waals surface area contributed by atoms with Gasteiger partial charge in [0.05, 0.1) is 4.83 Å². The average Bonchev–Trinajstić information content (AvgIpc) is 1.67. The minimum absolute atomic E-state index is 0.276. The molecule has 0 aromatic carbocycles. The molecule has 0 saturated carbocycles. The van der Waals surface area contributed by atoms with Crippen LogP contribution in [0.15, 0.2) is 0 Å². The van der Waals surface area contributed by atoms with Gasteiger partial charge >= 0.3 is 0 Å². The number of rotatable bonds is 3. The number of halogens is 3. The van der Waals surface area contributed by atoms with Gasteiger partial charge in [0, 0.05) is 5.88 Å². The van der Waals surface area contributed by atoms with Crippen molar-refractivity contribution in [3.63, 3.8) is 0 Å². The molecule has 0 aliphatic rings. The maximum Gasteiger partial charge on any atom is 0.235 e. The zero-order valence-electron chi connectivity index (χ0n) is 4.03. The summed E-state index contributed by atoms with van der Waals surface area (Å²) in [5, 5.41) is -0.384. The Morgan fingerprint density at radius 3 is 2.38 bits per heavy atom. The molecule has 0 aliphatic heterocycles. The fourth-order valence-corrected chi connectivity index (χ4v) is 1.03. The minimum Gasteiger partial charge on any atom is -0.280 e. The first kappa shape index (κ1) is 8.73. The second-order valence-corrected chi connectivity index (χ2v) is 3.11. The molecule has 0 rings (SSSR count). The molecule has 0 aromatic rings. The van der Waals surface area contributed by atoms with Crippen molar-refractivity contribution in [1.82, 2.24) is 0 Å². The summed E-state index contributed by atoms with van der Waals surface area (Å²) in [6, 6.07) is 0. The summed E-state index contributed by atoms with van der Waals surface area (Å²) in [5.74, 6) is 0.453. The quantitative estimate of drug-likeness (QED) is 0.525. The predicted molar refractivity (Wildman–Crippen MR) is 38.9 cm³/mol. The number of alkyl halides is 2. The first-order valence-electron chi connectivity index (χ1n) is 2.08. The second-order valence-electron chi connectivity index (χ2n) is 1.25. The molecular formula is C4H5BrCl2O. The van der Waals surface area contributed by atoms with E-state index in [9.17, 15) is 4.79 Å². The second kappa shape index (κ2) is 4.59. The molecule has 1 nitrogen and oxygen atoms in total. The largest absolute Gasteiger partial charge is 0.280 e. The molecule has 8 heavy (non-hydrogen) atoms. The molecule has 0 heterocycles. The zero-order chi connectivity index (χ0) is 6.57. The summed E-state index contributed by atoms with van der Waals surface area (Å²) in [6.07, 6.45) is 0.587. The van der Waals surface area contributed by atoms with Crippen LogP contribution in [0, 0.1) is 0 Å². The van der Waals surface area contributed by atoms with Gasteiger partial charge < -0.3 is 0 Å². The Hall–Kier alpha value is 0.730. The Morgan fingerprint density at radius 2 is 2.25 bits per heavy atom. The maximum absolute atomic E-state index is 10.2. The minimum atomic E-state index is -0.384. The molecular weight excluding hydrogens is 215 g/mol. The highest BCUT2D eigenvalue weighted by Gasteiger charge is 2.09. The number of carbonyl (C=O) groups is 1. The van der Waals surface area contributed by atoms with E-state index in [2.05, 4.69) is 15.9 Å². The molecule has 0 radical (unpaired) electrons. The molecule has 0 unspecified atom stereocenters. The highest BCUT2D eigenvalue weighted by molar-refractivity contribution is 9.10. The van der Waals surface area contributed by atoms with Gasteiger partial charge in [-0.3, -0.25) is 4.79 Å². The van der Waals surface area contributed by atoms with Crippen LogP contribution in [-0.4, -0.2) is 15.9 Å². The van der Waals surface area contributed by atoms with E-state index < -0.39 is 0 Å². The molecule has 0 aliphatic carbocycles. The molecule has 0 spiro atoms. The number of hydrogen-bond donors (Lipinski definition) is 0. The lowest BCUT2D eigenvalue weighted by Gasteiger charge is -1.96. The lowest BCUT2D eigenvalue weighted by atomic mass is 10.4. The summed E-state index contributed by atoms with van der Waals surface area (Å²) < 4.78 is 0. The SMILES string of the molecule is O=C(Cl)[C@H](Br)CCCl. The van der Waals surface area contributed by atoms with Crippen molar-refractivity contribution in [3.05, 3.63) is 0 Å². The summed E-state index contributed by atoms with van der Waals surface area (Å²) >= 11 is 13.4. The summed E-state index contributed by atoms with van der Waals surface area (Å²) in [7, 11) is 0. The average molecular weight is 220 g/mol. The van der Waals surface area contributed by atoms with Gasteiger partial charge in [0.25, 0.3) is 0 Å². The van der Waals surface area contributed by atoms with Crippen LogP contribution in [0.25, 0.3) is 0 Å². The van der Waals surface area contributed by atoms with Crippen LogP contribution in [0.1, 0.15) is 6.42 Å². The van der Waals surface area contributed by atoms with Crippen LogP contribution < -0.4 is 0 Å². The standard InChI is InChI=1S/C4H5BrCl2O/c5-3(1-2-6)4(7)8/h3H,1-2H2/t3-/m1/s1. The molecule has 0 aromatic heterocycles. The Bertz CT molecular complexity index is 86.1. The van der Waals surface area contributed by atoms with E-state index in [1.807, 2.05) is 0 Å². The fourth-order valence-electron chi connectivity index (χ4n) is 0.209. The maximum atomic E-state index is 10.2. The highest BCUT2D eigenvalue weighted by Crippen LogP contribution is 2.08. The van der Waals surface area contributed by atoms with Crippen LogP contribution in [0.5, 0.6) is 0 Å². The van der Waals surface area contributed by atoms with Crippen molar-refractivity contribution in [1.29, 1.82) is 0 Å². The van der Waals surface area contributed by atoms with E-state index >= 15 is 0 Å². The normalized spacial score (nSPS) is 13.4. The van der Waals surface area contributed by atoms with Gasteiger partial charge in [0.1, 0.15) is 0 Å². The van der Waals surface area contributed by atoms with Crippen LogP contribution >= 0.6 is 39.1 Å². The summed E-state index contributed by atoms with van der Waals surface area (Å²) in [5.41, 5.74) is 0. The van der Waals surface area contributed by atoms with Gasteiger partial charge in [-0.2, -0.15) is 0 Å². The van der Waals surface area contributed by atoms with Gasteiger partial charge in [-0.25, -0.2) is 0 Å². The van der Waals surface area contributed by atoms with Gasteiger partial charge in [-0.15, -0.1) is 11.6 Å². The Morgan fingerprint density at radius 1 is 1.75 bits per heavy atom. The number of hydrogen-bond acceptors (Lipinski definition) is 1. The molecule has 48 valence electrons. The molecule has 0 saturated heterocycles.